The van der Waals surface area contributed by atoms with Crippen LogP contribution < -0.4 is 26.2 Å². The van der Waals surface area contributed by atoms with Crippen molar-refractivity contribution in [3.63, 3.8) is 0 Å². The van der Waals surface area contributed by atoms with Crippen molar-refractivity contribution in [2.24, 2.45) is 0 Å². The second-order valence-electron chi connectivity index (χ2n) is 25.0. The van der Waals surface area contributed by atoms with Gasteiger partial charge in [0.2, 0.25) is 0 Å². The molecule has 0 spiro atoms. The lowest BCUT2D eigenvalue weighted by molar-refractivity contribution is 0.591. The van der Waals surface area contributed by atoms with Crippen molar-refractivity contribution in [2.45, 2.75) is 59.3 Å². The number of hydrogen-bond donors (Lipinski definition) is 0. The normalized spacial score (nSPS) is 13.3. The van der Waals surface area contributed by atoms with E-state index in [9.17, 15) is 0 Å². The molecule has 9 aromatic carbocycles. The van der Waals surface area contributed by atoms with Gasteiger partial charge in [-0.25, -0.2) is 0 Å². The fourth-order valence-corrected chi connectivity index (χ4v) is 16.0. The highest BCUT2D eigenvalue weighted by Gasteiger charge is 2.48. The standard InChI is InChI=1S/C75H55BN2O4S2/c1-42-28-61-71-62(29-42)78(50-34-45(59-40-81-65-22-14-10-18-53(59)65)31-46(35-50)60-41-82-66-23-15-11-19-54(60)66)73-70(56-37-48(75(5,6)7)25-27-68(56)84-73)76(71)69-55-36-47(74(2,3)4)24-26-67(55)83-72(69)77(61)49-32-43(57-38-79-63-20-12-8-16-51(57)63)30-44(33-49)58-39-80-64-21-13-9-17-52(58)64/h8-41H,1-7H3. The van der Waals surface area contributed by atoms with Crippen LogP contribution in [0.3, 0.4) is 0 Å². The number of anilines is 6. The summed E-state index contributed by atoms with van der Waals surface area (Å²) >= 11 is 3.81. The molecule has 404 valence electrons. The number of furan rings is 4. The van der Waals surface area contributed by atoms with E-state index in [0.29, 0.717) is 0 Å². The molecule has 15 aromatic rings. The molecule has 0 saturated heterocycles. The molecule has 6 aromatic heterocycles. The minimum Gasteiger partial charge on any atom is -0.464 e. The van der Waals surface area contributed by atoms with Crippen LogP contribution in [0, 0.1) is 6.92 Å². The van der Waals surface area contributed by atoms with Gasteiger partial charge in [0.05, 0.1) is 35.1 Å². The van der Waals surface area contributed by atoms with Gasteiger partial charge in [-0.2, -0.15) is 0 Å². The Morgan fingerprint density at radius 2 is 0.690 bits per heavy atom. The van der Waals surface area contributed by atoms with E-state index in [2.05, 4.69) is 216 Å². The summed E-state index contributed by atoms with van der Waals surface area (Å²) in [6.45, 7) is 16.1. The third kappa shape index (κ3) is 7.41. The van der Waals surface area contributed by atoms with Gasteiger partial charge in [-0.3, -0.25) is 0 Å². The number of hydrogen-bond acceptors (Lipinski definition) is 8. The number of aryl methyl sites for hydroxylation is 1. The molecule has 0 aliphatic carbocycles. The van der Waals surface area contributed by atoms with E-state index in [-0.39, 0.29) is 17.5 Å². The molecular formula is C75H55BN2O4S2. The van der Waals surface area contributed by atoms with Gasteiger partial charge < -0.3 is 27.5 Å². The van der Waals surface area contributed by atoms with Crippen LogP contribution >= 0.6 is 22.7 Å². The van der Waals surface area contributed by atoms with Gasteiger partial charge in [-0.15, -0.1) is 22.7 Å². The topological polar surface area (TPSA) is 59.0 Å². The molecule has 0 atom stereocenters. The Morgan fingerprint density at radius 3 is 1.02 bits per heavy atom. The molecular weight excluding hydrogens is 1070 g/mol. The van der Waals surface area contributed by atoms with Crippen LogP contribution in [0.2, 0.25) is 0 Å². The average Bonchev–Trinajstić information content (AvgIpc) is 1.64. The number of fused-ring (bicyclic) bond motifs is 12. The fourth-order valence-electron chi connectivity index (χ4n) is 13.5. The summed E-state index contributed by atoms with van der Waals surface area (Å²) in [5, 5.41) is 9.29. The van der Waals surface area contributed by atoms with E-state index in [4.69, 9.17) is 17.7 Å². The first-order chi connectivity index (χ1) is 40.8. The van der Waals surface area contributed by atoms with Gasteiger partial charge in [-0.1, -0.05) is 139 Å². The lowest BCUT2D eigenvalue weighted by Gasteiger charge is -2.42. The highest BCUT2D eigenvalue weighted by molar-refractivity contribution is 7.29. The molecule has 9 heteroatoms. The Morgan fingerprint density at radius 1 is 0.357 bits per heavy atom. The van der Waals surface area contributed by atoms with E-state index in [1.807, 2.05) is 72.0 Å². The average molecular weight is 1120 g/mol. The molecule has 0 unspecified atom stereocenters. The lowest BCUT2D eigenvalue weighted by atomic mass is 9.33. The maximum absolute atomic E-state index is 6.35. The Labute approximate surface area is 494 Å². The van der Waals surface area contributed by atoms with Gasteiger partial charge in [0.15, 0.2) is 0 Å². The predicted molar refractivity (Wildman–Crippen MR) is 354 cm³/mol. The largest absolute Gasteiger partial charge is 0.464 e. The molecule has 2 aliphatic heterocycles. The zero-order valence-corrected chi connectivity index (χ0v) is 49.2. The minimum atomic E-state index is -0.127. The minimum absolute atomic E-state index is 0.0872. The van der Waals surface area contributed by atoms with Crippen LogP contribution in [-0.2, 0) is 10.8 Å². The maximum atomic E-state index is 6.35. The Balaban J connectivity index is 1.00. The summed E-state index contributed by atoms with van der Waals surface area (Å²) in [6, 6.07) is 67.0. The molecule has 0 N–H and O–H groups in total. The van der Waals surface area contributed by atoms with Crippen molar-refractivity contribution in [1.82, 2.24) is 0 Å². The quantitative estimate of drug-likeness (QED) is 0.155. The number of nitrogens with zero attached hydrogens (tertiary/aromatic N) is 2. The Bertz CT molecular complexity index is 4740. The number of benzene rings is 9. The molecule has 84 heavy (non-hydrogen) atoms. The summed E-state index contributed by atoms with van der Waals surface area (Å²) in [5.74, 6) is 0. The van der Waals surface area contributed by atoms with E-state index in [1.54, 1.807) is 0 Å². The van der Waals surface area contributed by atoms with Gasteiger partial charge in [0, 0.05) is 75.9 Å². The third-order valence-electron chi connectivity index (χ3n) is 17.7. The monoisotopic (exact) mass is 1120 g/mol. The zero-order chi connectivity index (χ0) is 56.5. The molecule has 8 heterocycles. The van der Waals surface area contributed by atoms with Gasteiger partial charge in [-0.05, 0) is 169 Å². The maximum Gasteiger partial charge on any atom is 0.256 e. The van der Waals surface area contributed by atoms with Gasteiger partial charge in [0.1, 0.15) is 22.3 Å². The molecule has 0 amide bonds. The van der Waals surface area contributed by atoms with Crippen molar-refractivity contribution in [3.8, 4) is 44.5 Å². The smallest absolute Gasteiger partial charge is 0.256 e. The van der Waals surface area contributed by atoms with Crippen molar-refractivity contribution in [3.05, 3.63) is 224 Å². The predicted octanol–water partition coefficient (Wildman–Crippen LogP) is 20.8. The van der Waals surface area contributed by atoms with E-state index in [1.165, 1.54) is 57.7 Å². The SMILES string of the molecule is Cc1cc2c3c(c1)N(c1cc(-c4coc5ccccc45)cc(-c4coc5ccccc45)c1)c1sc4ccc(C(C)(C)C)cc4c1B3c1c(sc3ccc(C(C)(C)C)cc13)N2c1cc(-c2coc3ccccc23)cc(-c2coc3ccccc23)c1. The molecule has 0 fully saturated rings. The zero-order valence-electron chi connectivity index (χ0n) is 47.6. The van der Waals surface area contributed by atoms with Crippen LogP contribution in [0.4, 0.5) is 32.8 Å². The highest BCUT2D eigenvalue weighted by atomic mass is 32.1. The van der Waals surface area contributed by atoms with Crippen LogP contribution in [-0.4, -0.2) is 6.71 Å². The van der Waals surface area contributed by atoms with Crippen LogP contribution in [0.5, 0.6) is 0 Å². The second-order valence-corrected chi connectivity index (χ2v) is 27.1. The molecule has 0 radical (unpaired) electrons. The summed E-state index contributed by atoms with van der Waals surface area (Å²) in [7, 11) is 0. The lowest BCUT2D eigenvalue weighted by Crippen LogP contribution is -2.60. The van der Waals surface area contributed by atoms with Crippen molar-refractivity contribution >= 4 is 143 Å². The van der Waals surface area contributed by atoms with Gasteiger partial charge >= 0.3 is 0 Å². The summed E-state index contributed by atoms with van der Waals surface area (Å²) in [4.78, 5) is 5.21. The molecule has 6 nitrogen and oxygen atoms in total. The fraction of sp³-hybridized carbons (Fsp3) is 0.120. The van der Waals surface area contributed by atoms with Crippen LogP contribution in [0.15, 0.2) is 225 Å². The van der Waals surface area contributed by atoms with Crippen LogP contribution in [0.1, 0.15) is 58.2 Å². The number of thiophene rings is 2. The first kappa shape index (κ1) is 49.3. The first-order valence-corrected chi connectivity index (χ1v) is 30.5. The third-order valence-corrected chi connectivity index (χ3v) is 20.0. The highest BCUT2D eigenvalue weighted by Crippen LogP contribution is 2.54. The molecule has 17 rings (SSSR count). The van der Waals surface area contributed by atoms with Crippen molar-refractivity contribution in [2.75, 3.05) is 9.80 Å². The van der Waals surface area contributed by atoms with E-state index in [0.717, 1.165) is 117 Å². The summed E-state index contributed by atoms with van der Waals surface area (Å²) < 4.78 is 27.9. The van der Waals surface area contributed by atoms with E-state index < -0.39 is 0 Å². The Kier molecular flexibility index (Phi) is 10.5. The van der Waals surface area contributed by atoms with E-state index >= 15 is 0 Å². The van der Waals surface area contributed by atoms with Crippen molar-refractivity contribution in [1.29, 1.82) is 0 Å². The molecule has 0 saturated carbocycles. The van der Waals surface area contributed by atoms with Crippen molar-refractivity contribution < 1.29 is 17.7 Å². The summed E-state index contributed by atoms with van der Waals surface area (Å²) in [5.41, 5.74) is 23.8. The summed E-state index contributed by atoms with van der Waals surface area (Å²) in [6.07, 6.45) is 7.70. The van der Waals surface area contributed by atoms with Crippen LogP contribution in [0.25, 0.3) is 109 Å². The molecule has 0 bridgehead atoms. The van der Waals surface area contributed by atoms with Gasteiger partial charge in [0.25, 0.3) is 6.71 Å². The first-order valence-electron chi connectivity index (χ1n) is 28.8. The number of para-hydroxylation sites is 4. The number of rotatable bonds is 6. The molecule has 2 aliphatic rings. The Hall–Kier alpha value is -9.28. The second kappa shape index (κ2) is 17.9.